The molecule has 0 radical (unpaired) electrons. The molecule has 2 aromatic rings. The van der Waals surface area contributed by atoms with Crippen molar-refractivity contribution in [3.8, 4) is 5.75 Å². The van der Waals surface area contributed by atoms with Gasteiger partial charge in [-0.05, 0) is 54.5 Å². The highest BCUT2D eigenvalue weighted by Gasteiger charge is 2.14. The van der Waals surface area contributed by atoms with Gasteiger partial charge >= 0.3 is 5.97 Å². The van der Waals surface area contributed by atoms with E-state index in [9.17, 15) is 13.6 Å². The first-order chi connectivity index (χ1) is 13.6. The fourth-order valence-corrected chi connectivity index (χ4v) is 3.04. The van der Waals surface area contributed by atoms with E-state index in [-0.39, 0.29) is 6.42 Å². The lowest BCUT2D eigenvalue weighted by atomic mass is 10.0. The molecule has 0 aliphatic rings. The first-order valence-corrected chi connectivity index (χ1v) is 10.2. The van der Waals surface area contributed by atoms with Crippen LogP contribution in [0.4, 0.5) is 8.78 Å². The molecule has 28 heavy (non-hydrogen) atoms. The highest BCUT2D eigenvalue weighted by molar-refractivity contribution is 5.72. The van der Waals surface area contributed by atoms with E-state index in [1.165, 1.54) is 30.4 Å². The number of benzene rings is 2. The minimum absolute atomic E-state index is 0.270. The standard InChI is InChI=1S/C24H30F2O2/c1-2-3-4-5-19-6-8-20(9-7-19)10-11-21-12-14-23(15-13-21)28-24(27)18-22(26)16-17-25/h6-9,12-15,22H,2-5,10-11,16-18H2,1H3. The van der Waals surface area contributed by atoms with Gasteiger partial charge in [-0.25, -0.2) is 4.39 Å². The van der Waals surface area contributed by atoms with Gasteiger partial charge in [-0.3, -0.25) is 9.18 Å². The number of unbranched alkanes of at least 4 members (excludes halogenated alkanes) is 2. The molecule has 0 amide bonds. The SMILES string of the molecule is CCCCCc1ccc(CCc2ccc(OC(=O)CC(F)CCF)cc2)cc1. The largest absolute Gasteiger partial charge is 0.426 e. The van der Waals surface area contributed by atoms with E-state index in [1.54, 1.807) is 12.1 Å². The summed E-state index contributed by atoms with van der Waals surface area (Å²) < 4.78 is 30.4. The average molecular weight is 388 g/mol. The molecular weight excluding hydrogens is 358 g/mol. The van der Waals surface area contributed by atoms with Crippen molar-refractivity contribution in [3.05, 3.63) is 65.2 Å². The van der Waals surface area contributed by atoms with E-state index in [0.29, 0.717) is 5.75 Å². The lowest BCUT2D eigenvalue weighted by Crippen LogP contribution is -2.15. The van der Waals surface area contributed by atoms with Crippen LogP contribution in [-0.2, 0) is 24.1 Å². The van der Waals surface area contributed by atoms with Gasteiger partial charge in [0.25, 0.3) is 0 Å². The van der Waals surface area contributed by atoms with E-state index < -0.39 is 25.2 Å². The third kappa shape index (κ3) is 8.20. The van der Waals surface area contributed by atoms with Crippen LogP contribution in [0.3, 0.4) is 0 Å². The van der Waals surface area contributed by atoms with Gasteiger partial charge in [0.05, 0.1) is 13.1 Å². The van der Waals surface area contributed by atoms with Crippen LogP contribution in [0.25, 0.3) is 0 Å². The van der Waals surface area contributed by atoms with E-state index >= 15 is 0 Å². The number of aryl methyl sites for hydroxylation is 3. The van der Waals surface area contributed by atoms with Gasteiger partial charge in [0.1, 0.15) is 11.9 Å². The van der Waals surface area contributed by atoms with Crippen LogP contribution < -0.4 is 4.74 Å². The van der Waals surface area contributed by atoms with Crippen molar-refractivity contribution < 1.29 is 18.3 Å². The zero-order valence-electron chi connectivity index (χ0n) is 16.6. The fourth-order valence-electron chi connectivity index (χ4n) is 3.04. The summed E-state index contributed by atoms with van der Waals surface area (Å²) in [5.41, 5.74) is 3.84. The number of rotatable bonds is 12. The molecule has 2 aromatic carbocycles. The van der Waals surface area contributed by atoms with Crippen LogP contribution in [0.1, 0.15) is 55.7 Å². The number of alkyl halides is 2. The van der Waals surface area contributed by atoms with E-state index in [0.717, 1.165) is 24.8 Å². The Kier molecular flexibility index (Phi) is 9.67. The van der Waals surface area contributed by atoms with Crippen molar-refractivity contribution in [1.29, 1.82) is 0 Å². The smallest absolute Gasteiger partial charge is 0.314 e. The summed E-state index contributed by atoms with van der Waals surface area (Å²) in [5, 5.41) is 0. The molecular formula is C24H30F2O2. The number of hydrogen-bond donors (Lipinski definition) is 0. The predicted octanol–water partition coefficient (Wildman–Crippen LogP) is 6.20. The van der Waals surface area contributed by atoms with E-state index in [1.807, 2.05) is 12.1 Å². The molecule has 1 atom stereocenters. The van der Waals surface area contributed by atoms with Crippen molar-refractivity contribution in [3.63, 3.8) is 0 Å². The van der Waals surface area contributed by atoms with Gasteiger partial charge in [-0.2, -0.15) is 0 Å². The minimum Gasteiger partial charge on any atom is -0.426 e. The summed E-state index contributed by atoms with van der Waals surface area (Å²) in [6, 6.07) is 16.1. The Balaban J connectivity index is 1.77. The molecule has 1 unspecified atom stereocenters. The number of carbonyl (C=O) groups is 1. The third-order valence-corrected chi connectivity index (χ3v) is 4.76. The van der Waals surface area contributed by atoms with E-state index in [4.69, 9.17) is 4.74 Å². The van der Waals surface area contributed by atoms with Gasteiger partial charge in [-0.1, -0.05) is 56.2 Å². The van der Waals surface area contributed by atoms with Crippen LogP contribution in [0.5, 0.6) is 5.75 Å². The van der Waals surface area contributed by atoms with E-state index in [2.05, 4.69) is 31.2 Å². The Labute approximate surface area is 166 Å². The number of hydrogen-bond acceptors (Lipinski definition) is 2. The van der Waals surface area contributed by atoms with Gasteiger partial charge in [0.15, 0.2) is 0 Å². The minimum atomic E-state index is -1.49. The van der Waals surface area contributed by atoms with Gasteiger partial charge in [0.2, 0.25) is 0 Å². The lowest BCUT2D eigenvalue weighted by molar-refractivity contribution is -0.135. The number of carbonyl (C=O) groups excluding carboxylic acids is 1. The highest BCUT2D eigenvalue weighted by Crippen LogP contribution is 2.16. The molecule has 0 N–H and O–H groups in total. The number of ether oxygens (including phenoxy) is 1. The second kappa shape index (κ2) is 12.3. The second-order valence-electron chi connectivity index (χ2n) is 7.17. The number of halogens is 2. The molecule has 0 spiro atoms. The lowest BCUT2D eigenvalue weighted by Gasteiger charge is -2.08. The monoisotopic (exact) mass is 388 g/mol. The molecule has 0 fully saturated rings. The molecule has 0 aromatic heterocycles. The first kappa shape index (κ1) is 22.1. The summed E-state index contributed by atoms with van der Waals surface area (Å²) in [6.45, 7) is 1.44. The van der Waals surface area contributed by atoms with Crippen LogP contribution >= 0.6 is 0 Å². The summed E-state index contributed by atoms with van der Waals surface area (Å²) in [6.07, 6.45) is 4.57. The maximum absolute atomic E-state index is 13.2. The molecule has 0 aliphatic heterocycles. The fraction of sp³-hybridized carbons (Fsp3) is 0.458. The summed E-state index contributed by atoms with van der Waals surface area (Å²) >= 11 is 0. The molecule has 2 rings (SSSR count). The quantitative estimate of drug-likeness (QED) is 0.246. The van der Waals surface area contributed by atoms with Crippen molar-refractivity contribution in [2.75, 3.05) is 6.67 Å². The average Bonchev–Trinajstić information content (AvgIpc) is 2.69. The Morgan fingerprint density at radius 3 is 1.96 bits per heavy atom. The van der Waals surface area contributed by atoms with Gasteiger partial charge in [-0.15, -0.1) is 0 Å². The Hall–Kier alpha value is -2.23. The maximum atomic E-state index is 13.2. The molecule has 0 aliphatic carbocycles. The molecule has 2 nitrogen and oxygen atoms in total. The van der Waals surface area contributed by atoms with Crippen LogP contribution in [-0.4, -0.2) is 18.8 Å². The number of esters is 1. The Morgan fingerprint density at radius 1 is 0.893 bits per heavy atom. The molecule has 4 heteroatoms. The Morgan fingerprint density at radius 2 is 1.43 bits per heavy atom. The zero-order valence-corrected chi connectivity index (χ0v) is 16.6. The first-order valence-electron chi connectivity index (χ1n) is 10.2. The van der Waals surface area contributed by atoms with Gasteiger partial charge in [0, 0.05) is 6.42 Å². The Bertz CT molecular complexity index is 696. The normalized spacial score (nSPS) is 12.0. The topological polar surface area (TPSA) is 26.3 Å². The summed E-state index contributed by atoms with van der Waals surface area (Å²) in [4.78, 5) is 11.6. The van der Waals surface area contributed by atoms with Crippen molar-refractivity contribution in [2.45, 2.75) is 64.5 Å². The summed E-state index contributed by atoms with van der Waals surface area (Å²) in [5.74, 6) is -0.287. The maximum Gasteiger partial charge on any atom is 0.314 e. The molecule has 152 valence electrons. The second-order valence-corrected chi connectivity index (χ2v) is 7.17. The molecule has 0 heterocycles. The van der Waals surface area contributed by atoms with Crippen LogP contribution in [0.2, 0.25) is 0 Å². The van der Waals surface area contributed by atoms with Crippen molar-refractivity contribution >= 4 is 5.97 Å². The molecule has 0 saturated heterocycles. The molecule has 0 saturated carbocycles. The van der Waals surface area contributed by atoms with Gasteiger partial charge < -0.3 is 4.74 Å². The third-order valence-electron chi connectivity index (χ3n) is 4.76. The predicted molar refractivity (Wildman–Crippen MR) is 109 cm³/mol. The van der Waals surface area contributed by atoms with Crippen LogP contribution in [0, 0.1) is 0 Å². The summed E-state index contributed by atoms with van der Waals surface area (Å²) in [7, 11) is 0. The van der Waals surface area contributed by atoms with Crippen LogP contribution in [0.15, 0.2) is 48.5 Å². The molecule has 0 bridgehead atoms. The zero-order chi connectivity index (χ0) is 20.2. The highest BCUT2D eigenvalue weighted by atomic mass is 19.1. The van der Waals surface area contributed by atoms with Crippen molar-refractivity contribution in [2.24, 2.45) is 0 Å². The van der Waals surface area contributed by atoms with Crippen molar-refractivity contribution in [1.82, 2.24) is 0 Å².